The molecule has 6 heavy (non-hydrogen) atoms. The molecule has 0 aromatic carbocycles. The van der Waals surface area contributed by atoms with Gasteiger partial charge in [0.15, 0.2) is 0 Å². The van der Waals surface area contributed by atoms with E-state index in [2.05, 4.69) is 15.5 Å². The summed E-state index contributed by atoms with van der Waals surface area (Å²) in [4.78, 5) is 3.79. The molecule has 3 heteroatoms. The van der Waals surface area contributed by atoms with Gasteiger partial charge in [-0.15, -0.1) is 0 Å². The van der Waals surface area contributed by atoms with Crippen LogP contribution in [-0.4, -0.2) is 19.1 Å². The Morgan fingerprint density at radius 3 is 2.67 bits per heavy atom. The van der Waals surface area contributed by atoms with E-state index < -0.39 is 0 Å². The van der Waals surface area contributed by atoms with Crippen molar-refractivity contribution in [3.8, 4) is 0 Å². The molecule has 0 unspecified atom stereocenters. The van der Waals surface area contributed by atoms with E-state index >= 15 is 0 Å². The minimum absolute atomic E-state index is 0.622. The fourth-order valence-electron chi connectivity index (χ4n) is 0.268. The predicted octanol–water partition coefficient (Wildman–Crippen LogP) is -0.396. The van der Waals surface area contributed by atoms with Crippen LogP contribution < -0.4 is 5.43 Å². The monoisotopic (exact) mass is 83.0 g/mol. The first-order valence-electron chi connectivity index (χ1n) is 1.74. The van der Waals surface area contributed by atoms with Crippen molar-refractivity contribution in [3.05, 3.63) is 0 Å². The summed E-state index contributed by atoms with van der Waals surface area (Å²) in [5.41, 5.74) is 2.66. The Bertz CT molecular complexity index is 72.0. The average Bonchev–Trinajstić information content (AvgIpc) is 1.72. The second-order valence-electron chi connectivity index (χ2n) is 0.926. The molecule has 0 amide bonds. The molecule has 3 nitrogen and oxygen atoms in total. The van der Waals surface area contributed by atoms with Crippen LogP contribution in [-0.2, 0) is 0 Å². The lowest BCUT2D eigenvalue weighted by Gasteiger charge is -1.93. The van der Waals surface area contributed by atoms with Crippen LogP contribution >= 0.6 is 0 Å². The second kappa shape index (κ2) is 1.55. The zero-order valence-corrected chi connectivity index (χ0v) is 3.26. The first kappa shape index (κ1) is 3.33. The Morgan fingerprint density at radius 1 is 1.50 bits per heavy atom. The molecule has 0 saturated heterocycles. The van der Waals surface area contributed by atoms with Crippen LogP contribution in [0.1, 0.15) is 0 Å². The maximum absolute atomic E-state index is 3.79. The molecule has 0 spiro atoms. The Labute approximate surface area is 35.8 Å². The van der Waals surface area contributed by atoms with E-state index in [0.717, 1.165) is 0 Å². The summed E-state index contributed by atoms with van der Waals surface area (Å²) in [7, 11) is 0. The molecule has 1 heterocycles. The summed E-state index contributed by atoms with van der Waals surface area (Å²) >= 11 is 0. The zero-order valence-electron chi connectivity index (χ0n) is 3.26. The highest BCUT2D eigenvalue weighted by atomic mass is 15.3. The fraction of sp³-hybridized carbons (Fsp3) is 0.333. The minimum atomic E-state index is 0.622. The molecule has 0 aromatic rings. The normalized spacial score (nSPS) is 17.3. The lowest BCUT2D eigenvalue weighted by Crippen LogP contribution is -2.09. The third-order valence-corrected chi connectivity index (χ3v) is 0.500. The van der Waals surface area contributed by atoms with Crippen molar-refractivity contribution < 1.29 is 0 Å². The van der Waals surface area contributed by atoms with Crippen molar-refractivity contribution >= 4 is 12.4 Å². The van der Waals surface area contributed by atoms with Crippen LogP contribution in [0.2, 0.25) is 0 Å². The molecule has 1 rings (SSSR count). The van der Waals surface area contributed by atoms with Gasteiger partial charge in [-0.1, -0.05) is 0 Å². The first-order valence-corrected chi connectivity index (χ1v) is 1.74. The highest BCUT2D eigenvalue weighted by Crippen LogP contribution is 1.65. The summed E-state index contributed by atoms with van der Waals surface area (Å²) < 4.78 is 0. The topological polar surface area (TPSA) is 36.8 Å². The van der Waals surface area contributed by atoms with Crippen LogP contribution in [0.25, 0.3) is 0 Å². The Kier molecular flexibility index (Phi) is 0.859. The van der Waals surface area contributed by atoms with Gasteiger partial charge in [0.1, 0.15) is 6.67 Å². The van der Waals surface area contributed by atoms with Crippen molar-refractivity contribution in [3.63, 3.8) is 0 Å². The van der Waals surface area contributed by atoms with Gasteiger partial charge in [-0.05, 0) is 0 Å². The van der Waals surface area contributed by atoms with Crippen LogP contribution in [0.4, 0.5) is 0 Å². The highest BCUT2D eigenvalue weighted by Gasteiger charge is 1.74. The van der Waals surface area contributed by atoms with Crippen molar-refractivity contribution in [2.24, 2.45) is 10.1 Å². The highest BCUT2D eigenvalue weighted by molar-refractivity contribution is 6.16. The largest absolute Gasteiger partial charge is 0.289 e. The van der Waals surface area contributed by atoms with Gasteiger partial charge < -0.3 is 0 Å². The summed E-state index contributed by atoms with van der Waals surface area (Å²) in [6.07, 6.45) is 3.28. The molecule has 1 N–H and O–H groups in total. The van der Waals surface area contributed by atoms with E-state index in [-0.39, 0.29) is 0 Å². The molecular weight excluding hydrogens is 78.1 g/mol. The molecule has 1 aliphatic heterocycles. The summed E-state index contributed by atoms with van der Waals surface area (Å²) in [5.74, 6) is 0. The van der Waals surface area contributed by atoms with Crippen LogP contribution in [0.5, 0.6) is 0 Å². The molecule has 0 bridgehead atoms. The number of hydrogen-bond donors (Lipinski definition) is 1. The molecule has 0 fully saturated rings. The quantitative estimate of drug-likeness (QED) is 0.425. The number of nitrogens with one attached hydrogen (secondary N) is 1. The van der Waals surface area contributed by atoms with Gasteiger partial charge in [0, 0.05) is 6.21 Å². The van der Waals surface area contributed by atoms with Crippen molar-refractivity contribution in [2.45, 2.75) is 0 Å². The van der Waals surface area contributed by atoms with Gasteiger partial charge >= 0.3 is 0 Å². The number of hydrogen-bond acceptors (Lipinski definition) is 3. The zero-order chi connectivity index (χ0) is 4.24. The van der Waals surface area contributed by atoms with E-state index in [0.29, 0.717) is 6.67 Å². The number of aliphatic imine (C=N–C) groups is 1. The molecule has 0 atom stereocenters. The van der Waals surface area contributed by atoms with Gasteiger partial charge in [-0.3, -0.25) is 10.4 Å². The smallest absolute Gasteiger partial charge is 0.123 e. The van der Waals surface area contributed by atoms with Gasteiger partial charge in [0.05, 0.1) is 6.21 Å². The van der Waals surface area contributed by atoms with E-state index in [9.17, 15) is 0 Å². The van der Waals surface area contributed by atoms with E-state index in [1.807, 2.05) is 0 Å². The van der Waals surface area contributed by atoms with Gasteiger partial charge in [0.2, 0.25) is 0 Å². The third-order valence-electron chi connectivity index (χ3n) is 0.500. The number of nitrogens with zero attached hydrogens (tertiary/aromatic N) is 2. The molecular formula is C3H5N3. The van der Waals surface area contributed by atoms with Crippen LogP contribution in [0.15, 0.2) is 10.1 Å². The van der Waals surface area contributed by atoms with Crippen molar-refractivity contribution in [2.75, 3.05) is 6.67 Å². The van der Waals surface area contributed by atoms with E-state index in [4.69, 9.17) is 0 Å². The molecule has 32 valence electrons. The maximum atomic E-state index is 3.79. The summed E-state index contributed by atoms with van der Waals surface area (Å²) in [6, 6.07) is 0. The average molecular weight is 83.1 g/mol. The van der Waals surface area contributed by atoms with Crippen molar-refractivity contribution in [1.29, 1.82) is 0 Å². The predicted molar refractivity (Wildman–Crippen MR) is 25.0 cm³/mol. The molecule has 0 aromatic heterocycles. The third kappa shape index (κ3) is 0.544. The SMILES string of the molecule is C1=NCNN=C1. The molecule has 1 aliphatic rings. The van der Waals surface area contributed by atoms with Crippen LogP contribution in [0.3, 0.4) is 0 Å². The molecule has 0 aliphatic carbocycles. The fourth-order valence-corrected chi connectivity index (χ4v) is 0.268. The van der Waals surface area contributed by atoms with Crippen LogP contribution in [0, 0.1) is 0 Å². The van der Waals surface area contributed by atoms with E-state index in [1.54, 1.807) is 12.4 Å². The Hall–Kier alpha value is -0.860. The second-order valence-corrected chi connectivity index (χ2v) is 0.926. The molecule has 0 radical (unpaired) electrons. The lowest BCUT2D eigenvalue weighted by molar-refractivity contribution is 0.762. The Balaban J connectivity index is 2.46. The summed E-state index contributed by atoms with van der Waals surface area (Å²) in [6.45, 7) is 0.622. The molecule has 0 saturated carbocycles. The standard InChI is InChI=1S/C3H5N3/c1-2-5-6-3-4-1/h1-2,6H,3H2. The number of hydrazone groups is 1. The lowest BCUT2D eigenvalue weighted by atomic mass is 10.8. The minimum Gasteiger partial charge on any atom is -0.289 e. The van der Waals surface area contributed by atoms with Gasteiger partial charge in [0.25, 0.3) is 0 Å². The summed E-state index contributed by atoms with van der Waals surface area (Å²) in [5, 5.41) is 3.65. The van der Waals surface area contributed by atoms with Crippen molar-refractivity contribution in [1.82, 2.24) is 5.43 Å². The van der Waals surface area contributed by atoms with E-state index in [1.165, 1.54) is 0 Å². The van der Waals surface area contributed by atoms with Gasteiger partial charge in [-0.25, -0.2) is 0 Å². The number of rotatable bonds is 0. The maximum Gasteiger partial charge on any atom is 0.123 e. The Morgan fingerprint density at radius 2 is 2.50 bits per heavy atom. The van der Waals surface area contributed by atoms with Gasteiger partial charge in [-0.2, -0.15) is 5.10 Å². The first-order chi connectivity index (χ1) is 3.00.